The number of halogens is 4. The Morgan fingerprint density at radius 3 is 1.34 bits per heavy atom. The highest BCUT2D eigenvalue weighted by Crippen LogP contribution is 2.38. The molecule has 0 saturated carbocycles. The van der Waals surface area contributed by atoms with Crippen LogP contribution in [0.25, 0.3) is 49.1 Å². The molecule has 0 aliphatic carbocycles. The molecule has 26 nitrogen and oxygen atoms in total. The first-order valence-corrected chi connectivity index (χ1v) is 32.9. The van der Waals surface area contributed by atoms with E-state index in [0.717, 1.165) is 90.5 Å². The molecular formula is C69H70BBrF3N21O5. The normalized spacial score (nSPS) is 14.3. The average molecular weight is 1420 g/mol. The molecule has 4 aliphatic heterocycles. The molecule has 0 unspecified atom stereocenters. The molecule has 1 saturated heterocycles. The topological polar surface area (TPSA) is 261 Å². The van der Waals surface area contributed by atoms with Crippen LogP contribution in [-0.4, -0.2) is 111 Å². The first-order valence-electron chi connectivity index (χ1n) is 32.1. The molecule has 0 bridgehead atoms. The fraction of sp³-hybridized carbons (Fsp3) is 0.319. The molecule has 1 fully saturated rings. The van der Waals surface area contributed by atoms with Crippen molar-refractivity contribution in [2.45, 2.75) is 105 Å². The minimum atomic E-state index is -0.323. The summed E-state index contributed by atoms with van der Waals surface area (Å²) in [7, 11) is 5.33. The number of ether oxygens (including phenoxy) is 3. The van der Waals surface area contributed by atoms with E-state index >= 15 is 0 Å². The summed E-state index contributed by atoms with van der Waals surface area (Å²) in [6.07, 6.45) is 12.2. The van der Waals surface area contributed by atoms with Crippen molar-refractivity contribution in [3.63, 3.8) is 0 Å². The minimum absolute atomic E-state index is 0.246. The van der Waals surface area contributed by atoms with Gasteiger partial charge in [0.1, 0.15) is 39.2 Å². The first-order chi connectivity index (χ1) is 48.0. The molecule has 0 spiro atoms. The summed E-state index contributed by atoms with van der Waals surface area (Å²) >= 11 is 3.37. The van der Waals surface area contributed by atoms with Gasteiger partial charge >= 0.3 is 7.12 Å². The number of nitrogens with one attached hydrogen (secondary N) is 3. The number of aromatic nitrogens is 15. The van der Waals surface area contributed by atoms with E-state index in [0.29, 0.717) is 102 Å². The van der Waals surface area contributed by atoms with Crippen molar-refractivity contribution in [1.29, 1.82) is 0 Å². The van der Waals surface area contributed by atoms with E-state index in [1.807, 2.05) is 75.4 Å². The lowest BCUT2D eigenvalue weighted by Gasteiger charge is -2.32. The van der Waals surface area contributed by atoms with Crippen LogP contribution in [0.15, 0.2) is 96.3 Å². The molecule has 4 aliphatic rings. The second-order valence-electron chi connectivity index (χ2n) is 25.2. The third kappa shape index (κ3) is 13.2. The molecule has 12 aromatic rings. The van der Waals surface area contributed by atoms with Gasteiger partial charge in [0.15, 0.2) is 5.65 Å². The van der Waals surface area contributed by atoms with Crippen LogP contribution in [0.4, 0.5) is 42.7 Å². The number of fused-ring (bicyclic) bond motifs is 6. The lowest BCUT2D eigenvalue weighted by atomic mass is 9.84. The van der Waals surface area contributed by atoms with Crippen molar-refractivity contribution in [1.82, 2.24) is 72.4 Å². The molecule has 0 radical (unpaired) electrons. The zero-order valence-electron chi connectivity index (χ0n) is 56.5. The van der Waals surface area contributed by atoms with E-state index in [1.165, 1.54) is 18.2 Å². The quantitative estimate of drug-likeness (QED) is 0.0618. The Labute approximate surface area is 581 Å². The standard InChI is InChI=1S/C21H18FN7O.C21H22FN7O.C16H11BrFN5O.C11H19BN2O2/c1-12-8-17(28(3)27-12)15-10-25-21(29-11-19(23-2)26-20(15)29)24-9-14-13-6-7-30-18(13)5-4-16(14)22;1-12-7-18(28(2)27-12)16-10-25-21(29-11-13(8-23)26-20(16)29)24-9-15-14-5-6-30-19(14)4-3-17(15)22;1-19-14-8-23-15(22-14)11(17)7-21-16(23)20-6-10-9-4-5-24-13(9)3-2-12(10)18;1-8-7-9(14(6)13-8)12-15-10(2,3)11(4,5)16-12/h4-5,8,10-11H,6-7,9H2,1,3H3,(H,24,25);3-4,7,10-11H,5-6,8-9,23H2,1-2H3,(H,24,25);2-3,7-8H,4-6H2,(H,20,21);7H,1-6H3. The number of benzene rings is 3. The largest absolute Gasteiger partial charge is 0.514 e. The van der Waals surface area contributed by atoms with Crippen LogP contribution < -0.4 is 41.5 Å². The molecule has 9 aromatic heterocycles. The third-order valence-electron chi connectivity index (χ3n) is 18.1. The number of hydrogen-bond donors (Lipinski definition) is 4. The summed E-state index contributed by atoms with van der Waals surface area (Å²) in [6.45, 7) is 31.3. The van der Waals surface area contributed by atoms with Crippen LogP contribution in [0.2, 0.25) is 0 Å². The number of nitrogens with two attached hydrogens (primary N) is 1. The van der Waals surface area contributed by atoms with Gasteiger partial charge < -0.3 is 54.9 Å². The van der Waals surface area contributed by atoms with Gasteiger partial charge in [-0.2, -0.15) is 15.3 Å². The van der Waals surface area contributed by atoms with Gasteiger partial charge in [0.25, 0.3) is 11.6 Å². The average Bonchev–Trinajstić information content (AvgIpc) is 1.62. The van der Waals surface area contributed by atoms with Crippen molar-refractivity contribution >= 4 is 75.1 Å². The summed E-state index contributed by atoms with van der Waals surface area (Å²) in [5, 5.41) is 22.7. The maximum atomic E-state index is 14.5. The molecule has 0 atom stereocenters. The van der Waals surface area contributed by atoms with E-state index in [2.05, 4.69) is 114 Å². The number of imidazole rings is 3. The summed E-state index contributed by atoms with van der Waals surface area (Å²) < 4.78 is 83.0. The van der Waals surface area contributed by atoms with Gasteiger partial charge in [-0.05, 0) is 119 Å². The van der Waals surface area contributed by atoms with E-state index in [1.54, 1.807) is 67.3 Å². The summed E-state index contributed by atoms with van der Waals surface area (Å²) in [6, 6.07) is 15.2. The second-order valence-corrected chi connectivity index (χ2v) is 26.1. The summed E-state index contributed by atoms with van der Waals surface area (Å²) in [5.74, 6) is 3.47. The number of hydrogen-bond acceptors (Lipinski definition) is 18. The minimum Gasteiger partial charge on any atom is -0.493 e. The number of nitrogens with zero attached hydrogens (tertiary/aromatic N) is 17. The smallest absolute Gasteiger partial charge is 0.493 e. The van der Waals surface area contributed by atoms with Crippen LogP contribution in [0, 0.1) is 51.4 Å². The highest BCUT2D eigenvalue weighted by molar-refractivity contribution is 9.10. The zero-order chi connectivity index (χ0) is 70.5. The number of rotatable bonds is 13. The molecule has 0 amide bonds. The van der Waals surface area contributed by atoms with Crippen molar-refractivity contribution in [2.75, 3.05) is 35.8 Å². The van der Waals surface area contributed by atoms with E-state index in [9.17, 15) is 13.2 Å². The lowest BCUT2D eigenvalue weighted by molar-refractivity contribution is 0.00578. The van der Waals surface area contributed by atoms with E-state index in [4.69, 9.17) is 42.4 Å². The Morgan fingerprint density at radius 2 is 0.940 bits per heavy atom. The van der Waals surface area contributed by atoms with E-state index < -0.39 is 0 Å². The molecular weight excluding hydrogens is 1350 g/mol. The Balaban J connectivity index is 0.000000122. The molecule has 3 aromatic carbocycles. The Bertz CT molecular complexity index is 5220. The van der Waals surface area contributed by atoms with Crippen molar-refractivity contribution in [3.05, 3.63) is 193 Å². The summed E-state index contributed by atoms with van der Waals surface area (Å²) in [5.41, 5.74) is 19.4. The zero-order valence-corrected chi connectivity index (χ0v) is 58.1. The van der Waals surface area contributed by atoms with Gasteiger partial charge in [-0.3, -0.25) is 27.2 Å². The fourth-order valence-electron chi connectivity index (χ4n) is 12.4. The Hall–Kier alpha value is -10.9. The molecule has 31 heteroatoms. The first kappa shape index (κ1) is 67.7. The van der Waals surface area contributed by atoms with Crippen LogP contribution in [0.5, 0.6) is 17.2 Å². The predicted octanol–water partition coefficient (Wildman–Crippen LogP) is 11.0. The van der Waals surface area contributed by atoms with Gasteiger partial charge in [-0.25, -0.2) is 33.1 Å². The number of aryl methyl sites for hydroxylation is 6. The van der Waals surface area contributed by atoms with Crippen molar-refractivity contribution < 1.29 is 36.7 Å². The number of anilines is 3. The molecule has 5 N–H and O–H groups in total. The molecule has 512 valence electrons. The van der Waals surface area contributed by atoms with E-state index in [-0.39, 0.29) is 60.5 Å². The van der Waals surface area contributed by atoms with Gasteiger partial charge in [0, 0.05) is 131 Å². The SMILES string of the molecule is Cc1cc(-c2cnc(NCc3c(F)ccc4c3CCO4)n3cc(CN)nc23)n(C)n1.Cc1cc(B2OC(C)(C)C(C)(C)O2)n(C)n1.[C-]#[N+]c1cn2c(NCc3c(F)ccc4c3CCO4)ncc(-c3cc(C)nn3C)c2n1.[C-]#[N+]c1cn2c(NCc3c(F)ccc4c3CCO4)ncc(Br)c2n1. The van der Waals surface area contributed by atoms with Crippen LogP contribution in [0.1, 0.15) is 83.9 Å². The predicted molar refractivity (Wildman–Crippen MR) is 373 cm³/mol. The molecule has 16 rings (SSSR count). The maximum Gasteiger partial charge on any atom is 0.514 e. The van der Waals surface area contributed by atoms with Gasteiger partial charge in [0.2, 0.25) is 29.1 Å². The van der Waals surface area contributed by atoms with Crippen LogP contribution in [-0.2, 0) is 75.9 Å². The lowest BCUT2D eigenvalue weighted by Crippen LogP contribution is -2.41. The van der Waals surface area contributed by atoms with Crippen molar-refractivity contribution in [2.24, 2.45) is 26.9 Å². The van der Waals surface area contributed by atoms with Gasteiger partial charge in [0.05, 0.1) is 88.1 Å². The Kier molecular flexibility index (Phi) is 18.6. The summed E-state index contributed by atoms with van der Waals surface area (Å²) in [4.78, 5) is 33.5. The van der Waals surface area contributed by atoms with Gasteiger partial charge in [-0.1, -0.05) is 23.1 Å². The molecule has 100 heavy (non-hydrogen) atoms. The molecule has 13 heterocycles. The van der Waals surface area contributed by atoms with Crippen molar-refractivity contribution in [3.8, 4) is 39.8 Å². The van der Waals surface area contributed by atoms with Crippen LogP contribution >= 0.6 is 15.9 Å². The highest BCUT2D eigenvalue weighted by atomic mass is 79.9. The third-order valence-corrected chi connectivity index (χ3v) is 18.6. The fourth-order valence-corrected chi connectivity index (χ4v) is 12.8. The van der Waals surface area contributed by atoms with Gasteiger partial charge in [-0.15, -0.1) is 0 Å². The Morgan fingerprint density at radius 1 is 0.550 bits per heavy atom. The second kappa shape index (κ2) is 27.5. The van der Waals surface area contributed by atoms with Crippen LogP contribution in [0.3, 0.4) is 0 Å². The maximum absolute atomic E-state index is 14.5. The monoisotopic (exact) mass is 1420 g/mol. The highest BCUT2D eigenvalue weighted by Gasteiger charge is 2.53.